The van der Waals surface area contributed by atoms with Gasteiger partial charge in [-0.2, -0.15) is 51.3 Å². The first-order chi connectivity index (χ1) is 17.0. The Balaban J connectivity index is 1.70. The number of halogens is 9. The van der Waals surface area contributed by atoms with Crippen molar-refractivity contribution in [3.8, 4) is 0 Å². The van der Waals surface area contributed by atoms with Gasteiger partial charge in [-0.25, -0.2) is 0 Å². The van der Waals surface area contributed by atoms with Gasteiger partial charge in [-0.1, -0.05) is 6.07 Å². The van der Waals surface area contributed by atoms with E-state index in [4.69, 9.17) is 0 Å². The van der Waals surface area contributed by atoms with Gasteiger partial charge in [0.2, 0.25) is 0 Å². The van der Waals surface area contributed by atoms with Crippen molar-refractivity contribution in [2.24, 2.45) is 4.99 Å². The molecule has 1 atom stereocenters. The molecule has 1 N–H and O–H groups in total. The molecule has 1 saturated heterocycles. The SMILES string of the molecule is Cc1cc(C2=NCC(c3cc(C(F)(F)F)cc(C(F)(F)F)c3)(C(F)(F)F)C2)ccc1C(=O)NC1CSC1. The van der Waals surface area contributed by atoms with Crippen molar-refractivity contribution in [2.45, 2.75) is 43.3 Å². The van der Waals surface area contributed by atoms with Gasteiger partial charge in [-0.3, -0.25) is 9.79 Å². The highest BCUT2D eigenvalue weighted by atomic mass is 32.2. The lowest BCUT2D eigenvalue weighted by atomic mass is 9.75. The summed E-state index contributed by atoms with van der Waals surface area (Å²) in [4.78, 5) is 16.4. The van der Waals surface area contributed by atoms with E-state index in [0.29, 0.717) is 11.1 Å². The Morgan fingerprint density at radius 3 is 2.00 bits per heavy atom. The number of nitrogens with zero attached hydrogens (tertiary/aromatic N) is 1. The van der Waals surface area contributed by atoms with Gasteiger partial charge >= 0.3 is 18.5 Å². The Morgan fingerprint density at radius 1 is 0.946 bits per heavy atom. The molecule has 37 heavy (non-hydrogen) atoms. The van der Waals surface area contributed by atoms with E-state index in [2.05, 4.69) is 10.3 Å². The Bertz CT molecular complexity index is 1210. The number of amides is 1. The van der Waals surface area contributed by atoms with Crippen molar-refractivity contribution in [3.63, 3.8) is 0 Å². The smallest absolute Gasteiger partial charge is 0.348 e. The maximum Gasteiger partial charge on any atom is 0.416 e. The molecule has 2 heterocycles. The first-order valence-corrected chi connectivity index (χ1v) is 12.1. The van der Waals surface area contributed by atoms with Crippen LogP contribution in [0.1, 0.15) is 44.6 Å². The van der Waals surface area contributed by atoms with E-state index in [-0.39, 0.29) is 41.4 Å². The highest BCUT2D eigenvalue weighted by Gasteiger charge is 2.59. The second-order valence-electron chi connectivity index (χ2n) is 9.05. The zero-order valence-electron chi connectivity index (χ0n) is 19.0. The van der Waals surface area contributed by atoms with Crippen molar-refractivity contribution in [1.82, 2.24) is 5.32 Å². The lowest BCUT2D eigenvalue weighted by molar-refractivity contribution is -0.184. The second kappa shape index (κ2) is 9.25. The van der Waals surface area contributed by atoms with Gasteiger partial charge in [0.05, 0.1) is 17.7 Å². The van der Waals surface area contributed by atoms with E-state index in [0.717, 1.165) is 11.5 Å². The number of aryl methyl sites for hydroxylation is 1. The fourth-order valence-electron chi connectivity index (χ4n) is 4.28. The molecule has 2 aromatic carbocycles. The molecule has 4 rings (SSSR count). The Hall–Kier alpha value is -2.70. The van der Waals surface area contributed by atoms with Crippen molar-refractivity contribution in [2.75, 3.05) is 18.1 Å². The lowest BCUT2D eigenvalue weighted by Gasteiger charge is -2.32. The molecule has 0 radical (unpaired) electrons. The van der Waals surface area contributed by atoms with Crippen LogP contribution in [0.3, 0.4) is 0 Å². The maximum atomic E-state index is 14.4. The number of hydrogen-bond acceptors (Lipinski definition) is 3. The summed E-state index contributed by atoms with van der Waals surface area (Å²) in [5.74, 6) is 1.19. The highest BCUT2D eigenvalue weighted by Crippen LogP contribution is 2.50. The van der Waals surface area contributed by atoms with Gasteiger partial charge in [0.25, 0.3) is 5.91 Å². The minimum Gasteiger partial charge on any atom is -0.348 e. The van der Waals surface area contributed by atoms with Crippen LogP contribution in [0, 0.1) is 6.92 Å². The third-order valence-electron chi connectivity index (χ3n) is 6.47. The van der Waals surface area contributed by atoms with E-state index < -0.39 is 53.6 Å². The molecule has 13 heteroatoms. The van der Waals surface area contributed by atoms with Gasteiger partial charge in [-0.15, -0.1) is 0 Å². The monoisotopic (exact) mass is 554 g/mol. The lowest BCUT2D eigenvalue weighted by Crippen LogP contribution is -2.44. The predicted octanol–water partition coefficient (Wildman–Crippen LogP) is 6.57. The standard InChI is InChI=1S/C24H19F9N2OS/c1-12-4-13(2-3-18(12)20(36)35-17-9-37-10-17)19-8-21(11-34-19,24(31,32)33)14-5-15(22(25,26)27)7-16(6-14)23(28,29)30/h2-7,17H,8-11H2,1H3,(H,35,36). The van der Waals surface area contributed by atoms with E-state index in [9.17, 15) is 44.3 Å². The molecule has 0 spiro atoms. The zero-order chi connectivity index (χ0) is 27.4. The number of aliphatic imine (C=N–C) groups is 1. The molecule has 2 aliphatic rings. The van der Waals surface area contributed by atoms with Crippen LogP contribution >= 0.6 is 11.8 Å². The molecular formula is C24H19F9N2OS. The predicted molar refractivity (Wildman–Crippen MR) is 120 cm³/mol. The molecule has 2 aromatic rings. The van der Waals surface area contributed by atoms with Crippen LogP contribution in [0.2, 0.25) is 0 Å². The van der Waals surface area contributed by atoms with Crippen molar-refractivity contribution in [3.05, 3.63) is 69.8 Å². The first-order valence-electron chi connectivity index (χ1n) is 10.9. The Kier molecular flexibility index (Phi) is 6.83. The number of carbonyl (C=O) groups excluding carboxylic acids is 1. The number of nitrogens with one attached hydrogen (secondary N) is 1. The van der Waals surface area contributed by atoms with Crippen LogP contribution in [-0.2, 0) is 17.8 Å². The minimum atomic E-state index is -5.29. The molecular weight excluding hydrogens is 535 g/mol. The van der Waals surface area contributed by atoms with Crippen LogP contribution in [0.4, 0.5) is 39.5 Å². The summed E-state index contributed by atoms with van der Waals surface area (Å²) in [5.41, 5.74) is -7.10. The quantitative estimate of drug-likeness (QED) is 0.435. The molecule has 1 unspecified atom stereocenters. The Morgan fingerprint density at radius 2 is 1.54 bits per heavy atom. The number of thioether (sulfide) groups is 1. The molecule has 0 aliphatic carbocycles. The largest absolute Gasteiger partial charge is 0.416 e. The molecule has 2 aliphatic heterocycles. The molecule has 200 valence electrons. The minimum absolute atomic E-state index is 0.0252. The van der Waals surface area contributed by atoms with Gasteiger partial charge in [-0.05, 0) is 53.9 Å². The fraction of sp³-hybridized carbons (Fsp3) is 0.417. The van der Waals surface area contributed by atoms with Crippen LogP contribution in [-0.4, -0.2) is 41.9 Å². The van der Waals surface area contributed by atoms with Crippen LogP contribution in [0.25, 0.3) is 0 Å². The van der Waals surface area contributed by atoms with Crippen LogP contribution in [0.5, 0.6) is 0 Å². The molecule has 1 amide bonds. The molecule has 1 fully saturated rings. The number of hydrogen-bond donors (Lipinski definition) is 1. The third kappa shape index (κ3) is 5.32. The Labute approximate surface area is 209 Å². The summed E-state index contributed by atoms with van der Waals surface area (Å²) in [6, 6.07) is 4.25. The molecule has 0 aromatic heterocycles. The number of carbonyl (C=O) groups is 1. The summed E-state index contributed by atoms with van der Waals surface area (Å²) < 4.78 is 123. The average molecular weight is 554 g/mol. The summed E-state index contributed by atoms with van der Waals surface area (Å²) in [5, 5.41) is 2.83. The third-order valence-corrected chi connectivity index (χ3v) is 7.75. The van der Waals surface area contributed by atoms with Crippen LogP contribution < -0.4 is 5.32 Å². The first kappa shape index (κ1) is 27.3. The summed E-state index contributed by atoms with van der Waals surface area (Å²) >= 11 is 1.66. The van der Waals surface area contributed by atoms with Crippen molar-refractivity contribution >= 4 is 23.4 Å². The van der Waals surface area contributed by atoms with Gasteiger partial charge in [0.15, 0.2) is 0 Å². The fourth-order valence-corrected chi connectivity index (χ4v) is 4.92. The average Bonchev–Trinajstić information content (AvgIpc) is 3.21. The molecule has 0 saturated carbocycles. The zero-order valence-corrected chi connectivity index (χ0v) is 19.9. The number of alkyl halides is 9. The van der Waals surface area contributed by atoms with E-state index in [1.165, 1.54) is 18.2 Å². The number of benzene rings is 2. The van der Waals surface area contributed by atoms with E-state index >= 15 is 0 Å². The van der Waals surface area contributed by atoms with Crippen molar-refractivity contribution in [1.29, 1.82) is 0 Å². The van der Waals surface area contributed by atoms with Gasteiger partial charge in [0, 0.05) is 35.2 Å². The second-order valence-corrected chi connectivity index (χ2v) is 10.1. The molecule has 3 nitrogen and oxygen atoms in total. The molecule has 0 bridgehead atoms. The normalized spacial score (nSPS) is 21.0. The van der Waals surface area contributed by atoms with Gasteiger partial charge < -0.3 is 5.32 Å². The van der Waals surface area contributed by atoms with E-state index in [1.807, 2.05) is 0 Å². The van der Waals surface area contributed by atoms with Gasteiger partial charge in [0.1, 0.15) is 5.41 Å². The highest BCUT2D eigenvalue weighted by molar-refractivity contribution is 8.00. The van der Waals surface area contributed by atoms with Crippen LogP contribution in [0.15, 0.2) is 41.4 Å². The summed E-state index contributed by atoms with van der Waals surface area (Å²) in [6.45, 7) is 0.494. The number of rotatable bonds is 4. The maximum absolute atomic E-state index is 14.4. The topological polar surface area (TPSA) is 41.5 Å². The van der Waals surface area contributed by atoms with E-state index in [1.54, 1.807) is 18.7 Å². The summed E-state index contributed by atoms with van der Waals surface area (Å²) in [6.07, 6.45) is -16.8. The summed E-state index contributed by atoms with van der Waals surface area (Å²) in [7, 11) is 0. The van der Waals surface area contributed by atoms with Crippen molar-refractivity contribution < 1.29 is 44.3 Å².